The second kappa shape index (κ2) is 6.96. The minimum absolute atomic E-state index is 0.0608. The summed E-state index contributed by atoms with van der Waals surface area (Å²) in [7, 11) is 0. The summed E-state index contributed by atoms with van der Waals surface area (Å²) in [6, 6.07) is 15.6. The molecule has 0 unspecified atom stereocenters. The SMILES string of the molecule is CC(C)c1cc(C(=O)N2CCSc3ccccc32)nn1-c1ccccn1. The molecule has 0 radical (unpaired) electrons. The van der Waals surface area contributed by atoms with E-state index in [-0.39, 0.29) is 11.8 Å². The van der Waals surface area contributed by atoms with Crippen molar-refractivity contribution in [3.63, 3.8) is 0 Å². The van der Waals surface area contributed by atoms with Gasteiger partial charge >= 0.3 is 0 Å². The van der Waals surface area contributed by atoms with E-state index in [0.29, 0.717) is 12.2 Å². The Morgan fingerprint density at radius 2 is 1.96 bits per heavy atom. The summed E-state index contributed by atoms with van der Waals surface area (Å²) in [5.74, 6) is 1.79. The number of para-hydroxylation sites is 1. The smallest absolute Gasteiger partial charge is 0.278 e. The number of fused-ring (bicyclic) bond motifs is 1. The molecule has 26 heavy (non-hydrogen) atoms. The number of thioether (sulfide) groups is 1. The number of aromatic nitrogens is 3. The molecule has 132 valence electrons. The highest BCUT2D eigenvalue weighted by Gasteiger charge is 2.27. The van der Waals surface area contributed by atoms with Crippen molar-refractivity contribution in [2.24, 2.45) is 0 Å². The zero-order valence-corrected chi connectivity index (χ0v) is 15.6. The predicted octanol–water partition coefficient (Wildman–Crippen LogP) is 4.14. The van der Waals surface area contributed by atoms with Crippen LogP contribution < -0.4 is 4.90 Å². The molecule has 0 spiro atoms. The first-order valence-corrected chi connectivity index (χ1v) is 9.69. The minimum Gasteiger partial charge on any atom is -0.305 e. The van der Waals surface area contributed by atoms with Crippen molar-refractivity contribution in [1.29, 1.82) is 0 Å². The molecule has 6 heteroatoms. The van der Waals surface area contributed by atoms with Crippen LogP contribution in [0.3, 0.4) is 0 Å². The Labute approximate surface area is 157 Å². The van der Waals surface area contributed by atoms with Gasteiger partial charge in [0.2, 0.25) is 0 Å². The summed E-state index contributed by atoms with van der Waals surface area (Å²) in [5.41, 5.74) is 2.40. The lowest BCUT2D eigenvalue weighted by atomic mass is 10.1. The van der Waals surface area contributed by atoms with Gasteiger partial charge in [-0.15, -0.1) is 11.8 Å². The van der Waals surface area contributed by atoms with E-state index in [9.17, 15) is 4.79 Å². The van der Waals surface area contributed by atoms with Crippen molar-refractivity contribution in [2.45, 2.75) is 24.7 Å². The van der Waals surface area contributed by atoms with Crippen LogP contribution in [0.1, 0.15) is 35.9 Å². The average Bonchev–Trinajstić information content (AvgIpc) is 3.13. The van der Waals surface area contributed by atoms with Crippen LogP contribution in [-0.2, 0) is 0 Å². The van der Waals surface area contributed by atoms with Crippen LogP contribution in [0.4, 0.5) is 5.69 Å². The summed E-state index contributed by atoms with van der Waals surface area (Å²) in [4.78, 5) is 20.6. The maximum atomic E-state index is 13.2. The van der Waals surface area contributed by atoms with E-state index in [1.165, 1.54) is 0 Å². The van der Waals surface area contributed by atoms with Crippen LogP contribution in [0.5, 0.6) is 0 Å². The molecule has 0 atom stereocenters. The lowest BCUT2D eigenvalue weighted by Crippen LogP contribution is -2.35. The molecule has 5 nitrogen and oxygen atoms in total. The van der Waals surface area contributed by atoms with Crippen molar-refractivity contribution >= 4 is 23.4 Å². The average molecular weight is 364 g/mol. The van der Waals surface area contributed by atoms with Crippen molar-refractivity contribution in [3.8, 4) is 5.82 Å². The van der Waals surface area contributed by atoms with Gasteiger partial charge in [0.1, 0.15) is 0 Å². The van der Waals surface area contributed by atoms with Crippen molar-refractivity contribution in [3.05, 3.63) is 66.1 Å². The van der Waals surface area contributed by atoms with Gasteiger partial charge in [-0.3, -0.25) is 4.79 Å². The third-order valence-corrected chi connectivity index (χ3v) is 5.43. The quantitative estimate of drug-likeness (QED) is 0.701. The number of hydrogen-bond acceptors (Lipinski definition) is 4. The van der Waals surface area contributed by atoms with Gasteiger partial charge in [0.05, 0.1) is 5.69 Å². The van der Waals surface area contributed by atoms with Crippen LogP contribution >= 0.6 is 11.8 Å². The van der Waals surface area contributed by atoms with Gasteiger partial charge in [0, 0.05) is 29.1 Å². The Hall–Kier alpha value is -2.60. The molecule has 0 saturated heterocycles. The molecule has 1 aromatic carbocycles. The maximum absolute atomic E-state index is 13.2. The molecule has 4 rings (SSSR count). The molecule has 0 saturated carbocycles. The van der Waals surface area contributed by atoms with E-state index in [1.54, 1.807) is 22.6 Å². The normalized spacial score (nSPS) is 13.7. The number of pyridine rings is 1. The first kappa shape index (κ1) is 16.8. The Balaban J connectivity index is 1.74. The highest BCUT2D eigenvalue weighted by Crippen LogP contribution is 2.35. The number of rotatable bonds is 3. The maximum Gasteiger partial charge on any atom is 0.278 e. The van der Waals surface area contributed by atoms with Crippen molar-refractivity contribution in [1.82, 2.24) is 14.8 Å². The summed E-state index contributed by atoms with van der Waals surface area (Å²) >= 11 is 1.79. The molecule has 0 N–H and O–H groups in total. The Kier molecular flexibility index (Phi) is 4.51. The molecule has 1 aliphatic rings. The second-order valence-electron chi connectivity index (χ2n) is 6.48. The van der Waals surface area contributed by atoms with Gasteiger partial charge in [-0.2, -0.15) is 5.10 Å². The third kappa shape index (κ3) is 3.01. The van der Waals surface area contributed by atoms with Crippen molar-refractivity contribution in [2.75, 3.05) is 17.2 Å². The summed E-state index contributed by atoms with van der Waals surface area (Å²) < 4.78 is 1.78. The Morgan fingerprint density at radius 3 is 2.73 bits per heavy atom. The van der Waals surface area contributed by atoms with E-state index in [2.05, 4.69) is 30.0 Å². The van der Waals surface area contributed by atoms with Crippen LogP contribution in [-0.4, -0.2) is 33.0 Å². The number of benzene rings is 1. The Morgan fingerprint density at radius 1 is 1.15 bits per heavy atom. The predicted molar refractivity (Wildman–Crippen MR) is 104 cm³/mol. The molecule has 3 aromatic rings. The van der Waals surface area contributed by atoms with Gasteiger partial charge in [0.25, 0.3) is 5.91 Å². The molecule has 0 aliphatic carbocycles. The molecule has 0 bridgehead atoms. The highest BCUT2D eigenvalue weighted by molar-refractivity contribution is 7.99. The molecule has 0 fully saturated rings. The monoisotopic (exact) mass is 364 g/mol. The third-order valence-electron chi connectivity index (χ3n) is 4.39. The fourth-order valence-corrected chi connectivity index (χ4v) is 4.09. The van der Waals surface area contributed by atoms with Crippen molar-refractivity contribution < 1.29 is 4.79 Å². The second-order valence-corrected chi connectivity index (χ2v) is 7.62. The molecule has 2 aromatic heterocycles. The highest BCUT2D eigenvalue weighted by atomic mass is 32.2. The summed E-state index contributed by atoms with van der Waals surface area (Å²) in [6.07, 6.45) is 1.74. The lowest BCUT2D eigenvalue weighted by Gasteiger charge is -2.28. The van der Waals surface area contributed by atoms with Gasteiger partial charge in [0.15, 0.2) is 11.5 Å². The number of carbonyl (C=O) groups excluding carboxylic acids is 1. The number of hydrogen-bond donors (Lipinski definition) is 0. The first-order chi connectivity index (χ1) is 12.6. The molecule has 1 aliphatic heterocycles. The zero-order valence-electron chi connectivity index (χ0n) is 14.8. The van der Waals surface area contributed by atoms with Gasteiger partial charge < -0.3 is 4.90 Å². The Bertz CT molecular complexity index is 936. The summed E-state index contributed by atoms with van der Waals surface area (Å²) in [6.45, 7) is 4.88. The van der Waals surface area contributed by atoms with E-state index in [1.807, 2.05) is 47.4 Å². The van der Waals surface area contributed by atoms with E-state index in [0.717, 1.165) is 27.8 Å². The topological polar surface area (TPSA) is 51.0 Å². The van der Waals surface area contributed by atoms with Crippen LogP contribution in [0, 0.1) is 0 Å². The number of carbonyl (C=O) groups is 1. The molecule has 1 amide bonds. The van der Waals surface area contributed by atoms with E-state index in [4.69, 9.17) is 0 Å². The fraction of sp³-hybridized carbons (Fsp3) is 0.250. The number of anilines is 1. The first-order valence-electron chi connectivity index (χ1n) is 8.70. The zero-order chi connectivity index (χ0) is 18.1. The summed E-state index contributed by atoms with van der Waals surface area (Å²) in [5, 5.41) is 4.61. The molecular formula is C20H20N4OS. The van der Waals surface area contributed by atoms with Crippen LogP contribution in [0.2, 0.25) is 0 Å². The van der Waals surface area contributed by atoms with Gasteiger partial charge in [-0.1, -0.05) is 32.0 Å². The molecule has 3 heterocycles. The van der Waals surface area contributed by atoms with Crippen LogP contribution in [0.25, 0.3) is 5.82 Å². The van der Waals surface area contributed by atoms with Gasteiger partial charge in [-0.25, -0.2) is 9.67 Å². The van der Waals surface area contributed by atoms with Crippen LogP contribution in [0.15, 0.2) is 59.6 Å². The van der Waals surface area contributed by atoms with E-state index >= 15 is 0 Å². The molecular weight excluding hydrogens is 344 g/mol. The fourth-order valence-electron chi connectivity index (χ4n) is 3.09. The number of amides is 1. The minimum atomic E-state index is -0.0608. The largest absolute Gasteiger partial charge is 0.305 e. The number of nitrogens with zero attached hydrogens (tertiary/aromatic N) is 4. The standard InChI is InChI=1S/C20H20N4OS/c1-14(2)17-13-15(22-24(17)19-9-5-6-10-21-19)20(25)23-11-12-26-18-8-4-3-7-16(18)23/h3-10,13-14H,11-12H2,1-2H3. The lowest BCUT2D eigenvalue weighted by molar-refractivity contribution is 0.0982. The van der Waals surface area contributed by atoms with E-state index < -0.39 is 0 Å². The van der Waals surface area contributed by atoms with Gasteiger partial charge in [-0.05, 0) is 36.2 Å².